The van der Waals surface area contributed by atoms with E-state index in [2.05, 4.69) is 5.32 Å². The van der Waals surface area contributed by atoms with Crippen LogP contribution in [0.2, 0.25) is 0 Å². The predicted molar refractivity (Wildman–Crippen MR) is 94.0 cm³/mol. The standard InChI is InChI=1S/C20H21NO3/c22-19(15-9-5-2-6-10-15)21-18-12-16(11-17(13-18)20(23)24)14-7-3-1-4-8-14/h1,3-4,7-8,11-13,15H,2,5-6,9-10H2,(H,21,22)(H,23,24). The third kappa shape index (κ3) is 3.82. The van der Waals surface area contributed by atoms with Gasteiger partial charge in [-0.1, -0.05) is 49.6 Å². The summed E-state index contributed by atoms with van der Waals surface area (Å²) < 4.78 is 0. The van der Waals surface area contributed by atoms with Gasteiger partial charge in [0.2, 0.25) is 5.91 Å². The maximum atomic E-state index is 12.4. The van der Waals surface area contributed by atoms with Gasteiger partial charge >= 0.3 is 5.97 Å². The van der Waals surface area contributed by atoms with E-state index in [0.29, 0.717) is 5.69 Å². The lowest BCUT2D eigenvalue weighted by atomic mass is 9.88. The summed E-state index contributed by atoms with van der Waals surface area (Å²) in [6, 6.07) is 14.6. The SMILES string of the molecule is O=C(O)c1cc(NC(=O)C2CCCCC2)cc(-c2ccccc2)c1. The quantitative estimate of drug-likeness (QED) is 0.866. The van der Waals surface area contributed by atoms with Crippen molar-refractivity contribution in [1.29, 1.82) is 0 Å². The number of carboxylic acid groups (broad SMARTS) is 1. The van der Waals surface area contributed by atoms with Crippen molar-refractivity contribution in [3.8, 4) is 11.1 Å². The molecular formula is C20H21NO3. The van der Waals surface area contributed by atoms with E-state index >= 15 is 0 Å². The van der Waals surface area contributed by atoms with Crippen LogP contribution < -0.4 is 5.32 Å². The lowest BCUT2D eigenvalue weighted by Crippen LogP contribution is -2.24. The zero-order chi connectivity index (χ0) is 16.9. The summed E-state index contributed by atoms with van der Waals surface area (Å²) in [5.41, 5.74) is 2.43. The summed E-state index contributed by atoms with van der Waals surface area (Å²) in [6.07, 6.45) is 5.19. The van der Waals surface area contributed by atoms with Crippen molar-refractivity contribution in [3.63, 3.8) is 0 Å². The molecule has 4 nitrogen and oxygen atoms in total. The first-order chi connectivity index (χ1) is 11.6. The molecule has 2 aromatic rings. The molecule has 1 aliphatic carbocycles. The molecule has 124 valence electrons. The number of carbonyl (C=O) groups is 2. The molecule has 24 heavy (non-hydrogen) atoms. The van der Waals surface area contributed by atoms with E-state index in [4.69, 9.17) is 0 Å². The van der Waals surface area contributed by atoms with Gasteiger partial charge < -0.3 is 10.4 Å². The summed E-state index contributed by atoms with van der Waals surface area (Å²) in [5, 5.41) is 12.3. The Labute approximate surface area is 141 Å². The number of rotatable bonds is 4. The number of anilines is 1. The van der Waals surface area contributed by atoms with Crippen molar-refractivity contribution in [2.24, 2.45) is 5.92 Å². The van der Waals surface area contributed by atoms with Gasteiger partial charge in [0.1, 0.15) is 0 Å². The topological polar surface area (TPSA) is 66.4 Å². The zero-order valence-electron chi connectivity index (χ0n) is 13.5. The molecule has 2 aromatic carbocycles. The van der Waals surface area contributed by atoms with E-state index in [1.807, 2.05) is 36.4 Å². The molecule has 0 bridgehead atoms. The van der Waals surface area contributed by atoms with Crippen molar-refractivity contribution >= 4 is 17.6 Å². The highest BCUT2D eigenvalue weighted by molar-refractivity contribution is 5.96. The predicted octanol–water partition coefficient (Wildman–Crippen LogP) is 4.57. The Hall–Kier alpha value is -2.62. The van der Waals surface area contributed by atoms with E-state index in [1.54, 1.807) is 6.07 Å². The fraction of sp³-hybridized carbons (Fsp3) is 0.300. The minimum absolute atomic E-state index is 0.00347. The van der Waals surface area contributed by atoms with E-state index in [9.17, 15) is 14.7 Å². The second kappa shape index (κ2) is 7.30. The van der Waals surface area contributed by atoms with Crippen LogP contribution >= 0.6 is 0 Å². The molecule has 0 unspecified atom stereocenters. The van der Waals surface area contributed by atoms with Crippen molar-refractivity contribution < 1.29 is 14.7 Å². The third-order valence-corrected chi connectivity index (χ3v) is 4.53. The minimum Gasteiger partial charge on any atom is -0.478 e. The van der Waals surface area contributed by atoms with Gasteiger partial charge in [-0.25, -0.2) is 4.79 Å². The van der Waals surface area contributed by atoms with Crippen molar-refractivity contribution in [2.45, 2.75) is 32.1 Å². The molecule has 1 aliphatic rings. The highest BCUT2D eigenvalue weighted by Gasteiger charge is 2.21. The number of benzene rings is 2. The maximum absolute atomic E-state index is 12.4. The lowest BCUT2D eigenvalue weighted by Gasteiger charge is -2.21. The van der Waals surface area contributed by atoms with Crippen molar-refractivity contribution in [3.05, 3.63) is 54.1 Å². The molecule has 0 saturated heterocycles. The van der Waals surface area contributed by atoms with Gasteiger partial charge in [-0.05, 0) is 42.2 Å². The molecule has 0 atom stereocenters. The Kier molecular flexibility index (Phi) is 4.94. The number of nitrogens with one attached hydrogen (secondary N) is 1. The van der Waals surface area contributed by atoms with Crippen LogP contribution in [0, 0.1) is 5.92 Å². The van der Waals surface area contributed by atoms with E-state index in [0.717, 1.165) is 36.8 Å². The first-order valence-corrected chi connectivity index (χ1v) is 8.38. The van der Waals surface area contributed by atoms with Gasteiger partial charge in [0.25, 0.3) is 0 Å². The molecule has 0 heterocycles. The van der Waals surface area contributed by atoms with Crippen molar-refractivity contribution in [1.82, 2.24) is 0 Å². The molecular weight excluding hydrogens is 302 g/mol. The van der Waals surface area contributed by atoms with E-state index in [1.165, 1.54) is 12.5 Å². The molecule has 3 rings (SSSR count). The first-order valence-electron chi connectivity index (χ1n) is 8.38. The Morgan fingerprint density at radius 1 is 0.917 bits per heavy atom. The third-order valence-electron chi connectivity index (χ3n) is 4.53. The Balaban J connectivity index is 1.88. The van der Waals surface area contributed by atoms with Gasteiger partial charge in [-0.2, -0.15) is 0 Å². The lowest BCUT2D eigenvalue weighted by molar-refractivity contribution is -0.120. The van der Waals surface area contributed by atoms with Crippen LogP contribution in [0.1, 0.15) is 42.5 Å². The van der Waals surface area contributed by atoms with E-state index < -0.39 is 5.97 Å². The Morgan fingerprint density at radius 3 is 2.29 bits per heavy atom. The molecule has 2 N–H and O–H groups in total. The van der Waals surface area contributed by atoms with Crippen LogP contribution in [0.5, 0.6) is 0 Å². The highest BCUT2D eigenvalue weighted by atomic mass is 16.4. The van der Waals surface area contributed by atoms with Crippen LogP contribution in [-0.4, -0.2) is 17.0 Å². The van der Waals surface area contributed by atoms with Gasteiger partial charge in [0.05, 0.1) is 5.56 Å². The van der Waals surface area contributed by atoms with Crippen molar-refractivity contribution in [2.75, 3.05) is 5.32 Å². The molecule has 0 aromatic heterocycles. The van der Waals surface area contributed by atoms with Crippen LogP contribution in [0.3, 0.4) is 0 Å². The summed E-state index contributed by atoms with van der Waals surface area (Å²) in [5.74, 6) is -0.968. The van der Waals surface area contributed by atoms with Gasteiger partial charge in [-0.15, -0.1) is 0 Å². The fourth-order valence-corrected chi connectivity index (χ4v) is 3.23. The average Bonchev–Trinajstić information content (AvgIpc) is 2.63. The monoisotopic (exact) mass is 323 g/mol. The number of hydrogen-bond acceptors (Lipinski definition) is 2. The van der Waals surface area contributed by atoms with Crippen LogP contribution in [0.4, 0.5) is 5.69 Å². The number of amides is 1. The smallest absolute Gasteiger partial charge is 0.335 e. The Morgan fingerprint density at radius 2 is 1.62 bits per heavy atom. The summed E-state index contributed by atoms with van der Waals surface area (Å²) in [6.45, 7) is 0. The molecule has 0 spiro atoms. The zero-order valence-corrected chi connectivity index (χ0v) is 13.5. The maximum Gasteiger partial charge on any atom is 0.335 e. The first kappa shape index (κ1) is 16.2. The van der Waals surface area contributed by atoms with Gasteiger partial charge in [0, 0.05) is 11.6 Å². The second-order valence-corrected chi connectivity index (χ2v) is 6.29. The molecule has 0 radical (unpaired) electrons. The number of carboxylic acids is 1. The average molecular weight is 323 g/mol. The largest absolute Gasteiger partial charge is 0.478 e. The van der Waals surface area contributed by atoms with Gasteiger partial charge in [0.15, 0.2) is 0 Å². The minimum atomic E-state index is -0.999. The molecule has 4 heteroatoms. The summed E-state index contributed by atoms with van der Waals surface area (Å²) in [4.78, 5) is 23.8. The summed E-state index contributed by atoms with van der Waals surface area (Å²) >= 11 is 0. The molecule has 1 amide bonds. The van der Waals surface area contributed by atoms with Crippen LogP contribution in [0.15, 0.2) is 48.5 Å². The molecule has 1 saturated carbocycles. The van der Waals surface area contributed by atoms with E-state index in [-0.39, 0.29) is 17.4 Å². The molecule has 1 fully saturated rings. The normalized spacial score (nSPS) is 15.0. The second-order valence-electron chi connectivity index (χ2n) is 6.29. The summed E-state index contributed by atoms with van der Waals surface area (Å²) in [7, 11) is 0. The molecule has 0 aliphatic heterocycles. The van der Waals surface area contributed by atoms with Crippen LogP contribution in [-0.2, 0) is 4.79 Å². The fourth-order valence-electron chi connectivity index (χ4n) is 3.23. The number of hydrogen-bond donors (Lipinski definition) is 2. The highest BCUT2D eigenvalue weighted by Crippen LogP contribution is 2.28. The Bertz CT molecular complexity index is 734. The number of carbonyl (C=O) groups excluding carboxylic acids is 1. The van der Waals surface area contributed by atoms with Crippen LogP contribution in [0.25, 0.3) is 11.1 Å². The van der Waals surface area contributed by atoms with Gasteiger partial charge in [-0.3, -0.25) is 4.79 Å². The number of aromatic carboxylic acids is 1.